The van der Waals surface area contributed by atoms with E-state index in [-0.39, 0.29) is 23.3 Å². The Hall–Kier alpha value is -1.95. The number of likely N-dealkylation sites (N-methyl/N-ethyl adjacent to an activating group) is 1. The largest absolute Gasteiger partial charge is 0.393 e. The molecule has 2 amide bonds. The number of nitrogens with one attached hydrogen (secondary N) is 2. The second-order valence-corrected chi connectivity index (χ2v) is 4.79. The summed E-state index contributed by atoms with van der Waals surface area (Å²) in [5, 5.41) is 5.15. The fourth-order valence-corrected chi connectivity index (χ4v) is 1.91. The number of amides is 2. The molecule has 1 aromatic rings. The van der Waals surface area contributed by atoms with Crippen LogP contribution in [0, 0.1) is 5.92 Å². The smallest absolute Gasteiger partial charge is 0.239 e. The molecule has 1 rings (SSSR count). The molecule has 6 heteroatoms. The molecule has 0 saturated carbocycles. The fraction of sp³-hybridized carbons (Fsp3) is 0.357. The minimum absolute atomic E-state index is 0.0689. The van der Waals surface area contributed by atoms with E-state index in [1.165, 1.54) is 0 Å². The van der Waals surface area contributed by atoms with E-state index in [1.807, 2.05) is 37.3 Å². The molecule has 0 bridgehead atoms. The zero-order valence-electron chi connectivity index (χ0n) is 11.4. The SMILES string of the molecule is CCNC(=O)CNC(=O)C(Cc1ccccc1)C(N)=S. The van der Waals surface area contributed by atoms with Crippen LogP contribution in [0.3, 0.4) is 0 Å². The molecular formula is C14H19N3O2S. The van der Waals surface area contributed by atoms with Crippen molar-refractivity contribution in [2.24, 2.45) is 11.7 Å². The molecule has 0 aliphatic rings. The molecule has 108 valence electrons. The van der Waals surface area contributed by atoms with Gasteiger partial charge in [0.15, 0.2) is 0 Å². The van der Waals surface area contributed by atoms with E-state index in [9.17, 15) is 9.59 Å². The Morgan fingerprint density at radius 2 is 1.90 bits per heavy atom. The second kappa shape index (κ2) is 8.27. The van der Waals surface area contributed by atoms with Gasteiger partial charge in [0, 0.05) is 6.54 Å². The molecule has 0 heterocycles. The van der Waals surface area contributed by atoms with Crippen molar-refractivity contribution in [1.29, 1.82) is 0 Å². The lowest BCUT2D eigenvalue weighted by Gasteiger charge is -2.15. The standard InChI is InChI=1S/C14H19N3O2S/c1-2-16-12(18)9-17-14(19)11(13(15)20)8-10-6-4-3-5-7-10/h3-7,11H,2,8-9H2,1H3,(H2,15,20)(H,16,18)(H,17,19). The number of carbonyl (C=O) groups is 2. The first-order valence-corrected chi connectivity index (χ1v) is 6.83. The quantitative estimate of drug-likeness (QED) is 0.635. The van der Waals surface area contributed by atoms with Crippen molar-refractivity contribution < 1.29 is 9.59 Å². The van der Waals surface area contributed by atoms with E-state index in [0.29, 0.717) is 13.0 Å². The first kappa shape index (κ1) is 16.1. The lowest BCUT2D eigenvalue weighted by molar-refractivity contribution is -0.127. The van der Waals surface area contributed by atoms with E-state index in [2.05, 4.69) is 10.6 Å². The summed E-state index contributed by atoms with van der Waals surface area (Å²) < 4.78 is 0. The average molecular weight is 293 g/mol. The average Bonchev–Trinajstić information content (AvgIpc) is 2.43. The highest BCUT2D eigenvalue weighted by molar-refractivity contribution is 7.80. The predicted molar refractivity (Wildman–Crippen MR) is 82.1 cm³/mol. The van der Waals surface area contributed by atoms with Gasteiger partial charge in [-0.2, -0.15) is 0 Å². The van der Waals surface area contributed by atoms with Crippen molar-refractivity contribution in [2.45, 2.75) is 13.3 Å². The van der Waals surface area contributed by atoms with Crippen molar-refractivity contribution in [1.82, 2.24) is 10.6 Å². The Morgan fingerprint density at radius 1 is 1.25 bits per heavy atom. The highest BCUT2D eigenvalue weighted by atomic mass is 32.1. The van der Waals surface area contributed by atoms with Crippen molar-refractivity contribution in [2.75, 3.05) is 13.1 Å². The van der Waals surface area contributed by atoms with Gasteiger partial charge >= 0.3 is 0 Å². The van der Waals surface area contributed by atoms with Crippen LogP contribution in [0.15, 0.2) is 30.3 Å². The molecule has 0 saturated heterocycles. The fourth-order valence-electron chi connectivity index (χ4n) is 1.72. The third-order valence-corrected chi connectivity index (χ3v) is 3.02. The molecule has 0 fully saturated rings. The summed E-state index contributed by atoms with van der Waals surface area (Å²) in [5.74, 6) is -1.17. The minimum Gasteiger partial charge on any atom is -0.393 e. The van der Waals surface area contributed by atoms with Crippen LogP contribution >= 0.6 is 12.2 Å². The lowest BCUT2D eigenvalue weighted by atomic mass is 9.98. The van der Waals surface area contributed by atoms with Gasteiger partial charge in [-0.25, -0.2) is 0 Å². The van der Waals surface area contributed by atoms with Crippen LogP contribution in [0.4, 0.5) is 0 Å². The lowest BCUT2D eigenvalue weighted by Crippen LogP contribution is -2.43. The predicted octanol–water partition coefficient (Wildman–Crippen LogP) is 0.384. The third-order valence-electron chi connectivity index (χ3n) is 2.74. The van der Waals surface area contributed by atoms with Crippen molar-refractivity contribution in [3.8, 4) is 0 Å². The highest BCUT2D eigenvalue weighted by Crippen LogP contribution is 2.09. The first-order valence-electron chi connectivity index (χ1n) is 6.42. The summed E-state index contributed by atoms with van der Waals surface area (Å²) >= 11 is 4.94. The Labute approximate surface area is 123 Å². The highest BCUT2D eigenvalue weighted by Gasteiger charge is 2.22. The Bertz CT molecular complexity index is 477. The maximum absolute atomic E-state index is 12.0. The summed E-state index contributed by atoms with van der Waals surface area (Å²) in [5.41, 5.74) is 6.59. The van der Waals surface area contributed by atoms with Gasteiger partial charge in [0.1, 0.15) is 0 Å². The van der Waals surface area contributed by atoms with Gasteiger partial charge in [-0.05, 0) is 18.9 Å². The van der Waals surface area contributed by atoms with Crippen molar-refractivity contribution >= 4 is 29.0 Å². The number of hydrogen-bond donors (Lipinski definition) is 3. The zero-order valence-corrected chi connectivity index (χ0v) is 12.2. The summed E-state index contributed by atoms with van der Waals surface area (Å²) in [6, 6.07) is 9.48. The summed E-state index contributed by atoms with van der Waals surface area (Å²) in [7, 11) is 0. The van der Waals surface area contributed by atoms with E-state index >= 15 is 0 Å². The zero-order chi connectivity index (χ0) is 15.0. The van der Waals surface area contributed by atoms with Crippen LogP contribution in [0.1, 0.15) is 12.5 Å². The first-order chi connectivity index (χ1) is 9.54. The molecule has 1 atom stereocenters. The number of benzene rings is 1. The van der Waals surface area contributed by atoms with Gasteiger partial charge in [-0.3, -0.25) is 9.59 Å². The molecule has 20 heavy (non-hydrogen) atoms. The molecule has 0 radical (unpaired) electrons. The minimum atomic E-state index is -0.609. The van der Waals surface area contributed by atoms with Gasteiger partial charge in [0.25, 0.3) is 0 Å². The number of thiocarbonyl (C=S) groups is 1. The normalized spacial score (nSPS) is 11.4. The molecule has 5 nitrogen and oxygen atoms in total. The van der Waals surface area contributed by atoms with Crippen LogP contribution in [-0.4, -0.2) is 29.9 Å². The molecule has 0 spiro atoms. The van der Waals surface area contributed by atoms with Crippen LogP contribution in [0.25, 0.3) is 0 Å². The number of nitrogens with two attached hydrogens (primary N) is 1. The molecule has 0 aromatic heterocycles. The topological polar surface area (TPSA) is 84.2 Å². The molecular weight excluding hydrogens is 274 g/mol. The van der Waals surface area contributed by atoms with E-state index < -0.39 is 5.92 Å². The molecule has 0 aliphatic heterocycles. The summed E-state index contributed by atoms with van der Waals surface area (Å²) in [4.78, 5) is 23.5. The number of hydrogen-bond acceptors (Lipinski definition) is 3. The second-order valence-electron chi connectivity index (χ2n) is 4.32. The van der Waals surface area contributed by atoms with E-state index in [4.69, 9.17) is 18.0 Å². The van der Waals surface area contributed by atoms with Gasteiger partial charge < -0.3 is 16.4 Å². The Morgan fingerprint density at radius 3 is 2.45 bits per heavy atom. The van der Waals surface area contributed by atoms with Crippen molar-refractivity contribution in [3.05, 3.63) is 35.9 Å². The van der Waals surface area contributed by atoms with E-state index in [1.54, 1.807) is 0 Å². The molecule has 1 aromatic carbocycles. The van der Waals surface area contributed by atoms with Crippen molar-refractivity contribution in [3.63, 3.8) is 0 Å². The van der Waals surface area contributed by atoms with Gasteiger partial charge in [-0.1, -0.05) is 42.5 Å². The monoisotopic (exact) mass is 293 g/mol. The number of carbonyl (C=O) groups excluding carboxylic acids is 2. The third kappa shape index (κ3) is 5.36. The van der Waals surface area contributed by atoms with Crippen LogP contribution in [-0.2, 0) is 16.0 Å². The van der Waals surface area contributed by atoms with Crippen LogP contribution < -0.4 is 16.4 Å². The molecule has 1 unspecified atom stereocenters. The van der Waals surface area contributed by atoms with E-state index in [0.717, 1.165) is 5.56 Å². The molecule has 4 N–H and O–H groups in total. The Kier molecular flexibility index (Phi) is 6.66. The van der Waals surface area contributed by atoms with Gasteiger partial charge in [0.2, 0.25) is 11.8 Å². The summed E-state index contributed by atoms with van der Waals surface area (Å²) in [6.45, 7) is 2.27. The Balaban J connectivity index is 2.60. The molecule has 0 aliphatic carbocycles. The van der Waals surface area contributed by atoms with Crippen LogP contribution in [0.2, 0.25) is 0 Å². The van der Waals surface area contributed by atoms with Gasteiger partial charge in [-0.15, -0.1) is 0 Å². The maximum atomic E-state index is 12.0. The maximum Gasteiger partial charge on any atom is 0.239 e. The summed E-state index contributed by atoms with van der Waals surface area (Å²) in [6.07, 6.45) is 0.428. The van der Waals surface area contributed by atoms with Crippen LogP contribution in [0.5, 0.6) is 0 Å². The number of rotatable bonds is 7. The van der Waals surface area contributed by atoms with Gasteiger partial charge in [0.05, 0.1) is 17.5 Å².